The van der Waals surface area contributed by atoms with Crippen molar-refractivity contribution in [3.63, 3.8) is 0 Å². The Morgan fingerprint density at radius 2 is 1.81 bits per heavy atom. The number of carbonyl (C=O) groups excluding carboxylic acids is 1. The maximum atomic E-state index is 13.1. The van der Waals surface area contributed by atoms with E-state index in [0.29, 0.717) is 11.3 Å². The Balaban J connectivity index is 1.54. The van der Waals surface area contributed by atoms with Crippen molar-refractivity contribution in [3.05, 3.63) is 82.4 Å². The number of carbonyl (C=O) groups is 1. The third kappa shape index (κ3) is 6.14. The maximum Gasteiger partial charge on any atom is 0.416 e. The van der Waals surface area contributed by atoms with E-state index >= 15 is 0 Å². The topological polar surface area (TPSA) is 73.2 Å². The fourth-order valence-electron chi connectivity index (χ4n) is 2.65. The first-order valence-electron chi connectivity index (χ1n) is 9.13. The number of rotatable bonds is 7. The van der Waals surface area contributed by atoms with Gasteiger partial charge in [-0.25, -0.2) is 9.07 Å². The second kappa shape index (κ2) is 9.41. The van der Waals surface area contributed by atoms with Gasteiger partial charge in [-0.15, -0.1) is 0 Å². The van der Waals surface area contributed by atoms with E-state index in [2.05, 4.69) is 10.4 Å². The largest absolute Gasteiger partial charge is 0.492 e. The Morgan fingerprint density at radius 1 is 1.06 bits per heavy atom. The number of hydrogen-bond acceptors (Lipinski definition) is 4. The summed E-state index contributed by atoms with van der Waals surface area (Å²) in [5.41, 5.74) is -0.368. The summed E-state index contributed by atoms with van der Waals surface area (Å²) in [4.78, 5) is 24.1. The zero-order valence-corrected chi connectivity index (χ0v) is 16.0. The van der Waals surface area contributed by atoms with Gasteiger partial charge in [0.1, 0.15) is 24.7 Å². The van der Waals surface area contributed by atoms with Crippen LogP contribution in [0, 0.1) is 5.82 Å². The highest BCUT2D eigenvalue weighted by Gasteiger charge is 2.30. The van der Waals surface area contributed by atoms with Crippen LogP contribution in [0.2, 0.25) is 0 Å². The highest BCUT2D eigenvalue weighted by Crippen LogP contribution is 2.31. The molecule has 1 amide bonds. The summed E-state index contributed by atoms with van der Waals surface area (Å²) in [7, 11) is 0. The summed E-state index contributed by atoms with van der Waals surface area (Å²) in [6.07, 6.45) is -4.48. The predicted molar refractivity (Wildman–Crippen MR) is 104 cm³/mol. The van der Waals surface area contributed by atoms with E-state index in [1.54, 1.807) is 0 Å². The number of nitrogens with zero attached hydrogens (tertiary/aromatic N) is 2. The Hall–Kier alpha value is -3.69. The minimum absolute atomic E-state index is 0.0154. The number of aromatic nitrogens is 2. The molecule has 1 N–H and O–H groups in total. The van der Waals surface area contributed by atoms with Gasteiger partial charge >= 0.3 is 6.18 Å². The van der Waals surface area contributed by atoms with Crippen LogP contribution in [0.4, 0.5) is 17.6 Å². The van der Waals surface area contributed by atoms with Crippen molar-refractivity contribution in [1.82, 2.24) is 15.1 Å². The molecule has 3 aromatic rings. The van der Waals surface area contributed by atoms with Crippen LogP contribution in [0.3, 0.4) is 0 Å². The van der Waals surface area contributed by atoms with Gasteiger partial charge in [-0.3, -0.25) is 9.59 Å². The molecular weight excluding hydrogens is 418 g/mol. The molecule has 0 spiro atoms. The first-order valence-corrected chi connectivity index (χ1v) is 9.13. The summed E-state index contributed by atoms with van der Waals surface area (Å²) in [5, 5.41) is 6.61. The van der Waals surface area contributed by atoms with E-state index in [1.165, 1.54) is 48.5 Å². The van der Waals surface area contributed by atoms with Crippen LogP contribution in [0.1, 0.15) is 5.56 Å². The quantitative estimate of drug-likeness (QED) is 0.457. The molecule has 162 valence electrons. The van der Waals surface area contributed by atoms with Crippen molar-refractivity contribution >= 4 is 5.91 Å². The zero-order chi connectivity index (χ0) is 22.4. The lowest BCUT2D eigenvalue weighted by molar-refractivity contribution is -0.137. The van der Waals surface area contributed by atoms with Gasteiger partial charge in [0.15, 0.2) is 0 Å². The molecule has 6 nitrogen and oxygen atoms in total. The van der Waals surface area contributed by atoms with Crippen molar-refractivity contribution in [2.45, 2.75) is 12.7 Å². The Kier molecular flexibility index (Phi) is 6.68. The monoisotopic (exact) mass is 435 g/mol. The third-order valence-corrected chi connectivity index (χ3v) is 4.15. The van der Waals surface area contributed by atoms with Crippen molar-refractivity contribution in [3.8, 4) is 17.0 Å². The van der Waals surface area contributed by atoms with Crippen LogP contribution >= 0.6 is 0 Å². The van der Waals surface area contributed by atoms with E-state index in [0.717, 1.165) is 16.8 Å². The SMILES string of the molecule is O=C(Cn1nc(-c2ccc(F)cc2)ccc1=O)NCCOc1cccc(C(F)(F)F)c1. The first kappa shape index (κ1) is 22.0. The molecule has 3 rings (SSSR count). The minimum atomic E-state index is -4.48. The summed E-state index contributed by atoms with van der Waals surface area (Å²) in [6.45, 7) is -0.413. The smallest absolute Gasteiger partial charge is 0.416 e. The minimum Gasteiger partial charge on any atom is -0.492 e. The maximum absolute atomic E-state index is 13.1. The molecule has 0 aliphatic carbocycles. The number of ether oxygens (including phenoxy) is 1. The number of benzene rings is 2. The van der Waals surface area contributed by atoms with Gasteiger partial charge in [-0.2, -0.15) is 18.3 Å². The molecule has 1 heterocycles. The fraction of sp³-hybridized carbons (Fsp3) is 0.190. The lowest BCUT2D eigenvalue weighted by atomic mass is 10.1. The first-order chi connectivity index (χ1) is 14.7. The van der Waals surface area contributed by atoms with Crippen LogP contribution in [-0.2, 0) is 17.5 Å². The van der Waals surface area contributed by atoms with Gasteiger partial charge in [0, 0.05) is 11.6 Å². The molecule has 31 heavy (non-hydrogen) atoms. The van der Waals surface area contributed by atoms with Crippen molar-refractivity contribution in [2.75, 3.05) is 13.2 Å². The van der Waals surface area contributed by atoms with Crippen molar-refractivity contribution in [2.24, 2.45) is 0 Å². The molecular formula is C21H17F4N3O3. The number of halogens is 4. The predicted octanol–water partition coefficient (Wildman–Crippen LogP) is 3.26. The second-order valence-electron chi connectivity index (χ2n) is 6.45. The Labute approximate surface area is 174 Å². The van der Waals surface area contributed by atoms with Crippen LogP contribution in [0.15, 0.2) is 65.5 Å². The molecule has 0 saturated heterocycles. The van der Waals surface area contributed by atoms with Gasteiger partial charge in [0.25, 0.3) is 5.56 Å². The zero-order valence-electron chi connectivity index (χ0n) is 16.0. The van der Waals surface area contributed by atoms with Crippen LogP contribution < -0.4 is 15.6 Å². The highest BCUT2D eigenvalue weighted by molar-refractivity contribution is 5.75. The molecule has 0 radical (unpaired) electrons. The standard InChI is InChI=1S/C21H17F4N3O3/c22-16-6-4-14(5-7-16)18-8-9-20(30)28(27-18)13-19(29)26-10-11-31-17-3-1-2-15(12-17)21(23,24)25/h1-9,12H,10-11,13H2,(H,26,29). The molecule has 0 fully saturated rings. The fourth-order valence-corrected chi connectivity index (χ4v) is 2.65. The average molecular weight is 435 g/mol. The normalized spacial score (nSPS) is 11.2. The number of alkyl halides is 3. The molecule has 0 aliphatic rings. The van der Waals surface area contributed by atoms with E-state index < -0.39 is 29.0 Å². The molecule has 0 aliphatic heterocycles. The van der Waals surface area contributed by atoms with Gasteiger partial charge < -0.3 is 10.1 Å². The van der Waals surface area contributed by atoms with Crippen LogP contribution in [0.5, 0.6) is 5.75 Å². The van der Waals surface area contributed by atoms with Crippen molar-refractivity contribution in [1.29, 1.82) is 0 Å². The van der Waals surface area contributed by atoms with E-state index in [4.69, 9.17) is 4.74 Å². The molecule has 0 saturated carbocycles. The van der Waals surface area contributed by atoms with Gasteiger partial charge in [0.2, 0.25) is 5.91 Å². The van der Waals surface area contributed by atoms with Gasteiger partial charge in [0.05, 0.1) is 17.8 Å². The second-order valence-corrected chi connectivity index (χ2v) is 6.45. The third-order valence-electron chi connectivity index (χ3n) is 4.15. The lowest BCUT2D eigenvalue weighted by Gasteiger charge is -2.11. The average Bonchev–Trinajstić information content (AvgIpc) is 2.73. The number of amides is 1. The lowest BCUT2D eigenvalue weighted by Crippen LogP contribution is -2.35. The van der Waals surface area contributed by atoms with Crippen LogP contribution in [-0.4, -0.2) is 28.8 Å². The summed E-state index contributed by atoms with van der Waals surface area (Å²) in [6, 6.07) is 12.6. The molecule has 0 atom stereocenters. The number of nitrogens with one attached hydrogen (secondary N) is 1. The van der Waals surface area contributed by atoms with Crippen molar-refractivity contribution < 1.29 is 27.1 Å². The van der Waals surface area contributed by atoms with E-state index in [1.807, 2.05) is 0 Å². The van der Waals surface area contributed by atoms with Gasteiger partial charge in [-0.1, -0.05) is 6.07 Å². The molecule has 0 unspecified atom stereocenters. The highest BCUT2D eigenvalue weighted by atomic mass is 19.4. The van der Waals surface area contributed by atoms with E-state index in [-0.39, 0.29) is 25.4 Å². The molecule has 1 aromatic heterocycles. The summed E-state index contributed by atoms with van der Waals surface area (Å²) >= 11 is 0. The Bertz CT molecular complexity index is 1110. The Morgan fingerprint density at radius 3 is 2.52 bits per heavy atom. The number of hydrogen-bond donors (Lipinski definition) is 1. The summed E-state index contributed by atoms with van der Waals surface area (Å²) < 4.78 is 57.3. The molecule has 10 heteroatoms. The van der Waals surface area contributed by atoms with Crippen LogP contribution in [0.25, 0.3) is 11.3 Å². The van der Waals surface area contributed by atoms with Gasteiger partial charge in [-0.05, 0) is 48.5 Å². The van der Waals surface area contributed by atoms with E-state index in [9.17, 15) is 27.2 Å². The summed E-state index contributed by atoms with van der Waals surface area (Å²) in [5.74, 6) is -0.920. The molecule has 2 aromatic carbocycles. The molecule has 0 bridgehead atoms.